The van der Waals surface area contributed by atoms with Crippen molar-refractivity contribution in [2.45, 2.75) is 19.1 Å². The van der Waals surface area contributed by atoms with E-state index in [-0.39, 0.29) is 13.0 Å². The summed E-state index contributed by atoms with van der Waals surface area (Å²) in [4.78, 5) is 27.5. The molecular formula is C20H18N2O4. The van der Waals surface area contributed by atoms with Crippen LogP contribution < -0.4 is 5.32 Å². The van der Waals surface area contributed by atoms with E-state index < -0.39 is 18.1 Å². The van der Waals surface area contributed by atoms with Gasteiger partial charge >= 0.3 is 12.1 Å². The van der Waals surface area contributed by atoms with Gasteiger partial charge in [0.05, 0.1) is 18.0 Å². The second-order valence-corrected chi connectivity index (χ2v) is 5.81. The maximum absolute atomic E-state index is 12.1. The van der Waals surface area contributed by atoms with Gasteiger partial charge in [0, 0.05) is 11.6 Å². The number of rotatable bonds is 6. The molecule has 0 aliphatic heterocycles. The first-order valence-electron chi connectivity index (χ1n) is 8.15. The van der Waals surface area contributed by atoms with Crippen molar-refractivity contribution in [2.24, 2.45) is 0 Å². The number of aliphatic carboxylic acids is 1. The SMILES string of the molecule is O=C(O)C[C@H](NC(=O)OCc1ccccc1)c1ccc2ncccc2c1. The molecule has 1 atom stereocenters. The molecule has 2 N–H and O–H groups in total. The zero-order valence-electron chi connectivity index (χ0n) is 14.0. The van der Waals surface area contributed by atoms with Gasteiger partial charge in [0.2, 0.25) is 0 Å². The third kappa shape index (κ3) is 4.57. The third-order valence-electron chi connectivity index (χ3n) is 3.91. The molecular weight excluding hydrogens is 332 g/mol. The molecule has 0 aliphatic carbocycles. The van der Waals surface area contributed by atoms with Crippen LogP contribution in [0, 0.1) is 0 Å². The van der Waals surface area contributed by atoms with Gasteiger partial charge in [0.15, 0.2) is 0 Å². The molecule has 0 saturated heterocycles. The Bertz CT molecular complexity index is 912. The summed E-state index contributed by atoms with van der Waals surface area (Å²) >= 11 is 0. The Morgan fingerprint density at radius 2 is 1.88 bits per heavy atom. The summed E-state index contributed by atoms with van der Waals surface area (Å²) < 4.78 is 5.19. The lowest BCUT2D eigenvalue weighted by Crippen LogP contribution is -2.30. The minimum absolute atomic E-state index is 0.119. The number of hydrogen-bond acceptors (Lipinski definition) is 4. The van der Waals surface area contributed by atoms with Crippen LogP contribution in [0.15, 0.2) is 66.9 Å². The van der Waals surface area contributed by atoms with Crippen LogP contribution in [-0.2, 0) is 16.1 Å². The van der Waals surface area contributed by atoms with Crippen LogP contribution in [0.1, 0.15) is 23.6 Å². The zero-order chi connectivity index (χ0) is 18.4. The minimum Gasteiger partial charge on any atom is -0.481 e. The molecule has 0 unspecified atom stereocenters. The van der Waals surface area contributed by atoms with E-state index in [9.17, 15) is 14.7 Å². The fourth-order valence-corrected chi connectivity index (χ4v) is 2.64. The van der Waals surface area contributed by atoms with Crippen molar-refractivity contribution >= 4 is 23.0 Å². The number of carbonyl (C=O) groups is 2. The van der Waals surface area contributed by atoms with E-state index in [1.807, 2.05) is 42.5 Å². The molecule has 132 valence electrons. The smallest absolute Gasteiger partial charge is 0.407 e. The Labute approximate surface area is 150 Å². The number of carboxylic acids is 1. The number of carboxylic acid groups (broad SMARTS) is 1. The molecule has 0 aliphatic rings. The van der Waals surface area contributed by atoms with Gasteiger partial charge in [-0.1, -0.05) is 42.5 Å². The summed E-state index contributed by atoms with van der Waals surface area (Å²) in [5, 5.41) is 12.7. The predicted octanol–water partition coefficient (Wildman–Crippen LogP) is 3.68. The molecule has 6 heteroatoms. The molecule has 0 bridgehead atoms. The maximum atomic E-state index is 12.1. The molecule has 3 aromatic rings. The molecule has 6 nitrogen and oxygen atoms in total. The van der Waals surface area contributed by atoms with Gasteiger partial charge in [-0.3, -0.25) is 9.78 Å². The fraction of sp³-hybridized carbons (Fsp3) is 0.150. The highest BCUT2D eigenvalue weighted by atomic mass is 16.5. The molecule has 3 rings (SSSR count). The van der Waals surface area contributed by atoms with Gasteiger partial charge in [-0.05, 0) is 29.3 Å². The monoisotopic (exact) mass is 350 g/mol. The lowest BCUT2D eigenvalue weighted by molar-refractivity contribution is -0.137. The van der Waals surface area contributed by atoms with Crippen molar-refractivity contribution in [1.29, 1.82) is 0 Å². The summed E-state index contributed by atoms with van der Waals surface area (Å²) in [6.45, 7) is 0.119. The van der Waals surface area contributed by atoms with Crippen molar-refractivity contribution in [3.63, 3.8) is 0 Å². The molecule has 0 radical (unpaired) electrons. The average Bonchev–Trinajstić information content (AvgIpc) is 2.66. The second kappa shape index (κ2) is 8.11. The minimum atomic E-state index is -1.01. The standard InChI is InChI=1S/C20H18N2O4/c23-19(24)12-18(16-8-9-17-15(11-16)7-4-10-21-17)22-20(25)26-13-14-5-2-1-3-6-14/h1-11,18H,12-13H2,(H,22,25)(H,23,24)/t18-/m0/s1. The fourth-order valence-electron chi connectivity index (χ4n) is 2.64. The number of amides is 1. The highest BCUT2D eigenvalue weighted by Gasteiger charge is 2.19. The summed E-state index contributed by atoms with van der Waals surface area (Å²) in [5.41, 5.74) is 2.34. The molecule has 2 aromatic carbocycles. The Hall–Kier alpha value is -3.41. The summed E-state index contributed by atoms with van der Waals surface area (Å²) in [5.74, 6) is -1.01. The van der Waals surface area contributed by atoms with E-state index in [0.717, 1.165) is 16.5 Å². The van der Waals surface area contributed by atoms with E-state index >= 15 is 0 Å². The number of nitrogens with zero attached hydrogens (tertiary/aromatic N) is 1. The normalized spacial score (nSPS) is 11.7. The lowest BCUT2D eigenvalue weighted by atomic mass is 10.0. The first-order valence-corrected chi connectivity index (χ1v) is 8.15. The number of aromatic nitrogens is 1. The zero-order valence-corrected chi connectivity index (χ0v) is 14.0. The van der Waals surface area contributed by atoms with Crippen LogP contribution >= 0.6 is 0 Å². The van der Waals surface area contributed by atoms with E-state index in [4.69, 9.17) is 4.74 Å². The predicted molar refractivity (Wildman–Crippen MR) is 96.5 cm³/mol. The number of alkyl carbamates (subject to hydrolysis) is 1. The molecule has 1 aromatic heterocycles. The largest absolute Gasteiger partial charge is 0.481 e. The van der Waals surface area contributed by atoms with E-state index in [0.29, 0.717) is 5.56 Å². The van der Waals surface area contributed by atoms with Crippen LogP contribution in [0.5, 0.6) is 0 Å². The van der Waals surface area contributed by atoms with Crippen molar-refractivity contribution in [3.8, 4) is 0 Å². The number of ether oxygens (including phenoxy) is 1. The number of benzene rings is 2. The van der Waals surface area contributed by atoms with Gasteiger partial charge < -0.3 is 15.2 Å². The van der Waals surface area contributed by atoms with E-state index in [2.05, 4.69) is 10.3 Å². The van der Waals surface area contributed by atoms with Crippen LogP contribution in [0.2, 0.25) is 0 Å². The van der Waals surface area contributed by atoms with E-state index in [1.165, 1.54) is 0 Å². The van der Waals surface area contributed by atoms with Crippen molar-refractivity contribution < 1.29 is 19.4 Å². The number of hydrogen-bond donors (Lipinski definition) is 2. The topological polar surface area (TPSA) is 88.5 Å². The summed E-state index contributed by atoms with van der Waals surface area (Å²) in [7, 11) is 0. The van der Waals surface area contributed by atoms with Crippen LogP contribution in [0.25, 0.3) is 10.9 Å². The lowest BCUT2D eigenvalue weighted by Gasteiger charge is -2.18. The molecule has 1 amide bonds. The quantitative estimate of drug-likeness (QED) is 0.708. The third-order valence-corrected chi connectivity index (χ3v) is 3.91. The van der Waals surface area contributed by atoms with Crippen LogP contribution in [0.4, 0.5) is 4.79 Å². The van der Waals surface area contributed by atoms with Crippen molar-refractivity contribution in [1.82, 2.24) is 10.3 Å². The number of pyridine rings is 1. The first kappa shape index (κ1) is 17.4. The van der Waals surface area contributed by atoms with Gasteiger partial charge in [0.1, 0.15) is 6.61 Å². The van der Waals surface area contributed by atoms with Gasteiger partial charge in [0.25, 0.3) is 0 Å². The summed E-state index contributed by atoms with van der Waals surface area (Å²) in [6.07, 6.45) is 0.786. The van der Waals surface area contributed by atoms with Crippen LogP contribution in [-0.4, -0.2) is 22.2 Å². The number of carbonyl (C=O) groups excluding carboxylic acids is 1. The molecule has 1 heterocycles. The Morgan fingerprint density at radius 1 is 1.08 bits per heavy atom. The van der Waals surface area contributed by atoms with Crippen molar-refractivity contribution in [3.05, 3.63) is 78.0 Å². The van der Waals surface area contributed by atoms with Crippen molar-refractivity contribution in [2.75, 3.05) is 0 Å². The van der Waals surface area contributed by atoms with Gasteiger partial charge in [-0.15, -0.1) is 0 Å². The average molecular weight is 350 g/mol. The Morgan fingerprint density at radius 3 is 2.65 bits per heavy atom. The Kier molecular flexibility index (Phi) is 5.43. The van der Waals surface area contributed by atoms with E-state index in [1.54, 1.807) is 24.4 Å². The van der Waals surface area contributed by atoms with Gasteiger partial charge in [-0.25, -0.2) is 4.79 Å². The highest BCUT2D eigenvalue weighted by Crippen LogP contribution is 2.22. The molecule has 0 fully saturated rings. The number of fused-ring (bicyclic) bond motifs is 1. The second-order valence-electron chi connectivity index (χ2n) is 5.81. The maximum Gasteiger partial charge on any atom is 0.407 e. The highest BCUT2D eigenvalue weighted by molar-refractivity contribution is 5.80. The number of nitrogens with one attached hydrogen (secondary N) is 1. The first-order chi connectivity index (χ1) is 12.6. The summed E-state index contributed by atoms with van der Waals surface area (Å²) in [6, 6.07) is 17.7. The molecule has 26 heavy (non-hydrogen) atoms. The Balaban J connectivity index is 1.72. The molecule has 0 saturated carbocycles. The van der Waals surface area contributed by atoms with Gasteiger partial charge in [-0.2, -0.15) is 0 Å². The van der Waals surface area contributed by atoms with Crippen LogP contribution in [0.3, 0.4) is 0 Å². The molecule has 0 spiro atoms.